The van der Waals surface area contributed by atoms with Crippen LogP contribution in [-0.4, -0.2) is 31.6 Å². The van der Waals surface area contributed by atoms with Crippen molar-refractivity contribution in [1.29, 1.82) is 0 Å². The van der Waals surface area contributed by atoms with Crippen LogP contribution in [0.3, 0.4) is 0 Å². The number of carbonyl (C=O) groups excluding carboxylic acids is 1. The van der Waals surface area contributed by atoms with Gasteiger partial charge in [0.1, 0.15) is 5.01 Å². The molecule has 0 saturated carbocycles. The lowest BCUT2D eigenvalue weighted by atomic mass is 10.1. The number of aryl methyl sites for hydroxylation is 1. The second kappa shape index (κ2) is 8.20. The molecule has 6 nitrogen and oxygen atoms in total. The summed E-state index contributed by atoms with van der Waals surface area (Å²) in [7, 11) is -3.23. The van der Waals surface area contributed by atoms with Crippen molar-refractivity contribution in [2.24, 2.45) is 0 Å². The van der Waals surface area contributed by atoms with Crippen LogP contribution in [0.25, 0.3) is 10.6 Å². The summed E-state index contributed by atoms with van der Waals surface area (Å²) in [6, 6.07) is 16.5. The molecular formula is C22H23N3O3S2. The van der Waals surface area contributed by atoms with E-state index in [9.17, 15) is 13.2 Å². The van der Waals surface area contributed by atoms with Crippen LogP contribution in [0, 0.1) is 6.92 Å². The Hall–Kier alpha value is -2.71. The van der Waals surface area contributed by atoms with Gasteiger partial charge in [-0.05, 0) is 44.5 Å². The van der Waals surface area contributed by atoms with Crippen LogP contribution in [0.2, 0.25) is 0 Å². The molecule has 1 saturated heterocycles. The summed E-state index contributed by atoms with van der Waals surface area (Å²) < 4.78 is 25.5. The summed E-state index contributed by atoms with van der Waals surface area (Å²) >= 11 is 1.58. The topological polar surface area (TPSA) is 79.4 Å². The third kappa shape index (κ3) is 4.11. The molecule has 2 aromatic carbocycles. The molecule has 30 heavy (non-hydrogen) atoms. The van der Waals surface area contributed by atoms with Crippen LogP contribution in [-0.2, 0) is 10.0 Å². The molecule has 1 unspecified atom stereocenters. The van der Waals surface area contributed by atoms with Crippen LogP contribution in [0.1, 0.15) is 40.3 Å². The summed E-state index contributed by atoms with van der Waals surface area (Å²) in [6.45, 7) is 4.38. The molecule has 1 atom stereocenters. The van der Waals surface area contributed by atoms with E-state index in [1.807, 2.05) is 44.2 Å². The lowest BCUT2D eigenvalue weighted by Gasteiger charge is -2.17. The molecule has 1 aromatic heterocycles. The minimum atomic E-state index is -3.23. The summed E-state index contributed by atoms with van der Waals surface area (Å²) in [5, 5.41) is 3.95. The number of nitrogens with zero attached hydrogens (tertiary/aromatic N) is 2. The highest BCUT2D eigenvalue weighted by Crippen LogP contribution is 2.32. The monoisotopic (exact) mass is 441 g/mol. The van der Waals surface area contributed by atoms with Crippen molar-refractivity contribution in [2.45, 2.75) is 26.3 Å². The molecule has 1 aliphatic rings. The van der Waals surface area contributed by atoms with Gasteiger partial charge in [-0.15, -0.1) is 11.3 Å². The summed E-state index contributed by atoms with van der Waals surface area (Å²) in [4.78, 5) is 18.4. The first-order valence-corrected chi connectivity index (χ1v) is 12.2. The normalized spacial score (nSPS) is 16.4. The Morgan fingerprint density at radius 3 is 2.47 bits per heavy atom. The molecule has 0 spiro atoms. The van der Waals surface area contributed by atoms with Crippen LogP contribution >= 0.6 is 11.3 Å². The minimum Gasteiger partial charge on any atom is -0.345 e. The Morgan fingerprint density at radius 1 is 1.13 bits per heavy atom. The quantitative estimate of drug-likeness (QED) is 0.645. The van der Waals surface area contributed by atoms with E-state index in [2.05, 4.69) is 10.3 Å². The molecule has 1 aliphatic heterocycles. The number of hydrogen-bond donors (Lipinski definition) is 1. The smallest absolute Gasteiger partial charge is 0.251 e. The van der Waals surface area contributed by atoms with E-state index in [0.717, 1.165) is 21.1 Å². The molecule has 3 aromatic rings. The van der Waals surface area contributed by atoms with Crippen LogP contribution in [0.5, 0.6) is 0 Å². The van der Waals surface area contributed by atoms with Crippen molar-refractivity contribution >= 4 is 33.0 Å². The summed E-state index contributed by atoms with van der Waals surface area (Å²) in [5.74, 6) is -0.0289. The van der Waals surface area contributed by atoms with Gasteiger partial charge in [-0.1, -0.05) is 30.3 Å². The zero-order valence-electron chi connectivity index (χ0n) is 16.8. The first kappa shape index (κ1) is 20.6. The molecular weight excluding hydrogens is 418 g/mol. The molecule has 0 radical (unpaired) electrons. The first-order valence-electron chi connectivity index (χ1n) is 9.79. The molecule has 1 N–H and O–H groups in total. The van der Waals surface area contributed by atoms with E-state index in [0.29, 0.717) is 24.2 Å². The van der Waals surface area contributed by atoms with E-state index >= 15 is 0 Å². The predicted octanol–water partition coefficient (Wildman–Crippen LogP) is 4.15. The Bertz CT molecular complexity index is 1160. The number of carbonyl (C=O) groups is 1. The van der Waals surface area contributed by atoms with Gasteiger partial charge < -0.3 is 5.32 Å². The van der Waals surface area contributed by atoms with Gasteiger partial charge in [-0.2, -0.15) is 0 Å². The largest absolute Gasteiger partial charge is 0.345 e. The molecule has 0 aliphatic carbocycles. The van der Waals surface area contributed by atoms with E-state index in [-0.39, 0.29) is 17.7 Å². The first-order chi connectivity index (χ1) is 14.3. The molecule has 2 heterocycles. The lowest BCUT2D eigenvalue weighted by molar-refractivity contribution is 0.0940. The van der Waals surface area contributed by atoms with Gasteiger partial charge in [-0.3, -0.25) is 9.10 Å². The van der Waals surface area contributed by atoms with Crippen molar-refractivity contribution < 1.29 is 13.2 Å². The van der Waals surface area contributed by atoms with Gasteiger partial charge in [-0.25, -0.2) is 13.4 Å². The van der Waals surface area contributed by atoms with Gasteiger partial charge in [0.15, 0.2) is 0 Å². The standard InChI is InChI=1S/C22H23N3O3S2/c1-15(20-16(2)24-22(29-20)18-7-4-3-5-8-18)23-21(26)17-9-11-19(12-10-17)25-13-6-14-30(25,27)28/h3-5,7-12,15H,6,13-14H2,1-2H3,(H,23,26). The van der Waals surface area contributed by atoms with Crippen molar-refractivity contribution in [3.05, 3.63) is 70.7 Å². The molecule has 4 rings (SSSR count). The second-order valence-corrected chi connectivity index (χ2v) is 10.4. The molecule has 156 valence electrons. The number of hydrogen-bond acceptors (Lipinski definition) is 5. The number of amides is 1. The maximum Gasteiger partial charge on any atom is 0.251 e. The highest BCUT2D eigenvalue weighted by atomic mass is 32.2. The number of rotatable bonds is 5. The third-order valence-corrected chi connectivity index (χ3v) is 8.37. The zero-order chi connectivity index (χ0) is 21.3. The SMILES string of the molecule is Cc1nc(-c2ccccc2)sc1C(C)NC(=O)c1ccc(N2CCCS2(=O)=O)cc1. The summed E-state index contributed by atoms with van der Waals surface area (Å²) in [5.41, 5.74) is 3.06. The van der Waals surface area contributed by atoms with Gasteiger partial charge in [0.25, 0.3) is 5.91 Å². The van der Waals surface area contributed by atoms with Gasteiger partial charge in [0.05, 0.1) is 28.1 Å². The minimum absolute atomic E-state index is 0.173. The molecule has 1 amide bonds. The number of thiazole rings is 1. The Morgan fingerprint density at radius 2 is 1.83 bits per heavy atom. The van der Waals surface area contributed by atoms with E-state index in [4.69, 9.17) is 0 Å². The Balaban J connectivity index is 1.47. The zero-order valence-corrected chi connectivity index (χ0v) is 18.5. The van der Waals surface area contributed by atoms with Crippen LogP contribution in [0.15, 0.2) is 54.6 Å². The maximum atomic E-state index is 12.7. The summed E-state index contributed by atoms with van der Waals surface area (Å²) in [6.07, 6.45) is 0.626. The number of sulfonamides is 1. The van der Waals surface area contributed by atoms with Crippen molar-refractivity contribution in [1.82, 2.24) is 10.3 Å². The molecule has 8 heteroatoms. The van der Waals surface area contributed by atoms with Crippen molar-refractivity contribution in [3.8, 4) is 10.6 Å². The lowest BCUT2D eigenvalue weighted by Crippen LogP contribution is -2.27. The van der Waals surface area contributed by atoms with Gasteiger partial charge >= 0.3 is 0 Å². The van der Waals surface area contributed by atoms with Crippen molar-refractivity contribution in [2.75, 3.05) is 16.6 Å². The maximum absolute atomic E-state index is 12.7. The number of benzene rings is 2. The Kier molecular flexibility index (Phi) is 5.62. The fraction of sp³-hybridized carbons (Fsp3) is 0.273. The van der Waals surface area contributed by atoms with Crippen molar-refractivity contribution in [3.63, 3.8) is 0 Å². The highest BCUT2D eigenvalue weighted by molar-refractivity contribution is 7.93. The third-order valence-electron chi connectivity index (χ3n) is 5.11. The average molecular weight is 442 g/mol. The van der Waals surface area contributed by atoms with Crippen LogP contribution < -0.4 is 9.62 Å². The van der Waals surface area contributed by atoms with E-state index in [1.165, 1.54) is 4.31 Å². The second-order valence-electron chi connectivity index (χ2n) is 7.32. The fourth-order valence-corrected chi connectivity index (χ4v) is 6.21. The highest BCUT2D eigenvalue weighted by Gasteiger charge is 2.28. The van der Waals surface area contributed by atoms with Gasteiger partial charge in [0, 0.05) is 17.7 Å². The number of aromatic nitrogens is 1. The number of anilines is 1. The van der Waals surface area contributed by atoms with Gasteiger partial charge in [0.2, 0.25) is 10.0 Å². The fourth-order valence-electron chi connectivity index (χ4n) is 3.57. The number of nitrogens with one attached hydrogen (secondary N) is 1. The predicted molar refractivity (Wildman–Crippen MR) is 120 cm³/mol. The Labute approximate surface area is 180 Å². The molecule has 1 fully saturated rings. The van der Waals surface area contributed by atoms with E-state index < -0.39 is 10.0 Å². The average Bonchev–Trinajstić information content (AvgIpc) is 3.30. The molecule has 0 bridgehead atoms. The van der Waals surface area contributed by atoms with E-state index in [1.54, 1.807) is 35.6 Å². The van der Waals surface area contributed by atoms with Crippen LogP contribution in [0.4, 0.5) is 5.69 Å².